The lowest BCUT2D eigenvalue weighted by Gasteiger charge is -2.15. The monoisotopic (exact) mass is 394 g/mol. The number of thiazole rings is 1. The largest absolute Gasteiger partial charge is 0.462 e. The second kappa shape index (κ2) is 10.6. The van der Waals surface area contributed by atoms with E-state index in [-0.39, 0.29) is 36.1 Å². The van der Waals surface area contributed by atoms with E-state index in [0.29, 0.717) is 0 Å². The molecule has 0 aliphatic rings. The van der Waals surface area contributed by atoms with Crippen LogP contribution in [0.3, 0.4) is 0 Å². The van der Waals surface area contributed by atoms with Gasteiger partial charge in [-0.2, -0.15) is 0 Å². The van der Waals surface area contributed by atoms with Gasteiger partial charge in [0.15, 0.2) is 0 Å². The number of alkyl carbamates (subject to hydrolysis) is 1. The van der Waals surface area contributed by atoms with Crippen molar-refractivity contribution >= 4 is 23.4 Å². The first-order valence-corrected chi connectivity index (χ1v) is 9.26. The Morgan fingerprint density at radius 1 is 1.22 bits per heavy atom. The number of nitrogens with one attached hydrogen (secondary N) is 1. The zero-order chi connectivity index (χ0) is 19.6. The maximum Gasteiger partial charge on any atom is 0.407 e. The zero-order valence-electron chi connectivity index (χ0n) is 14.8. The molecule has 0 fully saturated rings. The SMILES string of the molecule is CCOC(=O)c1cnc(C(O)C(O)CCNC(=O)OCc2ccccc2)s1. The molecular weight excluding hydrogens is 372 g/mol. The Kier molecular flexibility index (Phi) is 8.18. The number of ether oxygens (including phenoxy) is 2. The van der Waals surface area contributed by atoms with E-state index in [1.165, 1.54) is 6.20 Å². The van der Waals surface area contributed by atoms with Crippen molar-refractivity contribution in [2.24, 2.45) is 0 Å². The quantitative estimate of drug-likeness (QED) is 0.557. The van der Waals surface area contributed by atoms with Gasteiger partial charge in [0.2, 0.25) is 0 Å². The van der Waals surface area contributed by atoms with Crippen LogP contribution in [0.4, 0.5) is 4.79 Å². The number of esters is 1. The first-order valence-electron chi connectivity index (χ1n) is 8.44. The van der Waals surface area contributed by atoms with Crippen molar-refractivity contribution in [3.8, 4) is 0 Å². The maximum atomic E-state index is 11.6. The second-order valence-electron chi connectivity index (χ2n) is 5.57. The first kappa shape index (κ1) is 20.8. The van der Waals surface area contributed by atoms with Crippen molar-refractivity contribution in [1.29, 1.82) is 0 Å². The highest BCUT2D eigenvalue weighted by Gasteiger charge is 2.23. The molecule has 0 spiro atoms. The molecule has 3 N–H and O–H groups in total. The maximum absolute atomic E-state index is 11.6. The Balaban J connectivity index is 1.72. The lowest BCUT2D eigenvalue weighted by Crippen LogP contribution is -2.29. The number of aromatic nitrogens is 1. The molecule has 1 heterocycles. The summed E-state index contributed by atoms with van der Waals surface area (Å²) in [5.74, 6) is -0.522. The minimum Gasteiger partial charge on any atom is -0.462 e. The minimum atomic E-state index is -1.26. The van der Waals surface area contributed by atoms with Crippen LogP contribution in [-0.4, -0.2) is 46.5 Å². The van der Waals surface area contributed by atoms with E-state index in [0.717, 1.165) is 16.9 Å². The average molecular weight is 394 g/mol. The number of rotatable bonds is 9. The van der Waals surface area contributed by atoms with Crippen molar-refractivity contribution in [3.63, 3.8) is 0 Å². The zero-order valence-corrected chi connectivity index (χ0v) is 15.6. The Labute approximate surface area is 160 Å². The van der Waals surface area contributed by atoms with Crippen LogP contribution in [0.5, 0.6) is 0 Å². The molecule has 2 atom stereocenters. The molecule has 1 amide bonds. The number of amides is 1. The van der Waals surface area contributed by atoms with Gasteiger partial charge in [-0.3, -0.25) is 0 Å². The molecule has 27 heavy (non-hydrogen) atoms. The minimum absolute atomic E-state index is 0.0932. The number of nitrogens with zero attached hydrogens (tertiary/aromatic N) is 1. The summed E-state index contributed by atoms with van der Waals surface area (Å²) in [6.45, 7) is 2.19. The van der Waals surface area contributed by atoms with E-state index in [1.807, 2.05) is 30.3 Å². The van der Waals surface area contributed by atoms with Crippen LogP contribution in [0.25, 0.3) is 0 Å². The molecule has 0 aliphatic heterocycles. The number of aliphatic hydroxyl groups is 2. The van der Waals surface area contributed by atoms with Gasteiger partial charge >= 0.3 is 12.1 Å². The second-order valence-corrected chi connectivity index (χ2v) is 6.63. The van der Waals surface area contributed by atoms with Gasteiger partial charge < -0.3 is 25.0 Å². The molecule has 0 radical (unpaired) electrons. The third-order valence-corrected chi connectivity index (χ3v) is 4.59. The molecule has 0 bridgehead atoms. The van der Waals surface area contributed by atoms with Gasteiger partial charge in [-0.05, 0) is 18.9 Å². The smallest absolute Gasteiger partial charge is 0.407 e. The normalized spacial score (nSPS) is 12.9. The van der Waals surface area contributed by atoms with E-state index >= 15 is 0 Å². The van der Waals surface area contributed by atoms with Crippen LogP contribution in [0.15, 0.2) is 36.5 Å². The van der Waals surface area contributed by atoms with Crippen LogP contribution in [-0.2, 0) is 16.1 Å². The molecule has 1 aromatic heterocycles. The van der Waals surface area contributed by atoms with Crippen molar-refractivity contribution in [3.05, 3.63) is 52.0 Å². The highest BCUT2D eigenvalue weighted by atomic mass is 32.1. The molecule has 8 nitrogen and oxygen atoms in total. The molecule has 2 unspecified atom stereocenters. The summed E-state index contributed by atoms with van der Waals surface area (Å²) in [6, 6.07) is 9.24. The summed E-state index contributed by atoms with van der Waals surface area (Å²) in [4.78, 5) is 27.4. The van der Waals surface area contributed by atoms with Gasteiger partial charge in [-0.25, -0.2) is 14.6 Å². The number of benzene rings is 1. The Morgan fingerprint density at radius 2 is 1.96 bits per heavy atom. The van der Waals surface area contributed by atoms with Gasteiger partial charge in [0.05, 0.1) is 18.9 Å². The molecule has 1 aromatic carbocycles. The third kappa shape index (κ3) is 6.63. The van der Waals surface area contributed by atoms with E-state index in [4.69, 9.17) is 9.47 Å². The van der Waals surface area contributed by atoms with Crippen molar-refractivity contribution in [1.82, 2.24) is 10.3 Å². The number of aliphatic hydroxyl groups excluding tert-OH is 2. The molecule has 0 saturated heterocycles. The Hall–Kier alpha value is -2.49. The van der Waals surface area contributed by atoms with Crippen molar-refractivity contribution in [2.75, 3.05) is 13.2 Å². The van der Waals surface area contributed by atoms with Crippen molar-refractivity contribution in [2.45, 2.75) is 32.2 Å². The highest BCUT2D eigenvalue weighted by molar-refractivity contribution is 7.13. The third-order valence-electron chi connectivity index (χ3n) is 3.54. The molecule has 2 rings (SSSR count). The van der Waals surface area contributed by atoms with Crippen LogP contribution in [0.1, 0.15) is 39.7 Å². The fraction of sp³-hybridized carbons (Fsp3) is 0.389. The van der Waals surface area contributed by atoms with Gasteiger partial charge in [0, 0.05) is 6.54 Å². The molecular formula is C18H22N2O6S. The molecule has 2 aromatic rings. The lowest BCUT2D eigenvalue weighted by atomic mass is 10.1. The van der Waals surface area contributed by atoms with Gasteiger partial charge in [0.1, 0.15) is 22.6 Å². The molecule has 0 saturated carbocycles. The van der Waals surface area contributed by atoms with Gasteiger partial charge in [0.25, 0.3) is 0 Å². The Bertz CT molecular complexity index is 736. The first-order chi connectivity index (χ1) is 13.0. The number of hydrogen-bond donors (Lipinski definition) is 3. The van der Waals surface area contributed by atoms with Crippen LogP contribution in [0.2, 0.25) is 0 Å². The summed E-state index contributed by atoms with van der Waals surface area (Å²) in [7, 11) is 0. The Morgan fingerprint density at radius 3 is 2.67 bits per heavy atom. The van der Waals surface area contributed by atoms with Crippen LogP contribution < -0.4 is 5.32 Å². The van der Waals surface area contributed by atoms with E-state index in [1.54, 1.807) is 6.92 Å². The lowest BCUT2D eigenvalue weighted by molar-refractivity contribution is 0.0135. The number of carbonyl (C=O) groups excluding carboxylic acids is 2. The fourth-order valence-electron chi connectivity index (χ4n) is 2.14. The summed E-state index contributed by atoms with van der Waals surface area (Å²) in [6.07, 6.45) is -1.64. The summed E-state index contributed by atoms with van der Waals surface area (Å²) in [5.41, 5.74) is 0.865. The summed E-state index contributed by atoms with van der Waals surface area (Å²) < 4.78 is 9.91. The van der Waals surface area contributed by atoms with Gasteiger partial charge in [-0.15, -0.1) is 11.3 Å². The van der Waals surface area contributed by atoms with Crippen molar-refractivity contribution < 1.29 is 29.3 Å². The predicted molar refractivity (Wildman–Crippen MR) is 98.3 cm³/mol. The average Bonchev–Trinajstić information content (AvgIpc) is 3.17. The predicted octanol–water partition coefficient (Wildman–Crippen LogP) is 2.03. The van der Waals surface area contributed by atoms with Gasteiger partial charge in [-0.1, -0.05) is 30.3 Å². The molecule has 0 aliphatic carbocycles. The highest BCUT2D eigenvalue weighted by Crippen LogP contribution is 2.24. The van der Waals surface area contributed by atoms with E-state index in [2.05, 4.69) is 10.3 Å². The fourth-order valence-corrected chi connectivity index (χ4v) is 3.00. The standard InChI is InChI=1S/C18H22N2O6S/c1-2-25-17(23)14-10-20-16(27-14)15(22)13(21)8-9-19-18(24)26-11-12-6-4-3-5-7-12/h3-7,10,13,15,21-22H,2,8-9,11H2,1H3,(H,19,24). The molecule has 9 heteroatoms. The molecule has 146 valence electrons. The van der Waals surface area contributed by atoms with Crippen LogP contribution >= 0.6 is 11.3 Å². The summed E-state index contributed by atoms with van der Waals surface area (Å²) in [5, 5.41) is 22.9. The number of carbonyl (C=O) groups is 2. The van der Waals surface area contributed by atoms with E-state index in [9.17, 15) is 19.8 Å². The van der Waals surface area contributed by atoms with Crippen LogP contribution in [0, 0.1) is 0 Å². The summed E-state index contributed by atoms with van der Waals surface area (Å²) >= 11 is 0.955. The topological polar surface area (TPSA) is 118 Å². The van der Waals surface area contributed by atoms with E-state index < -0.39 is 24.3 Å². The number of hydrogen-bond acceptors (Lipinski definition) is 8.